The second kappa shape index (κ2) is 8.59. The third-order valence-electron chi connectivity index (χ3n) is 4.20. The summed E-state index contributed by atoms with van der Waals surface area (Å²) in [6.45, 7) is 5.33. The molecule has 0 spiro atoms. The Morgan fingerprint density at radius 3 is 2.20 bits per heavy atom. The highest BCUT2D eigenvalue weighted by molar-refractivity contribution is 6.32. The van der Waals surface area contributed by atoms with Crippen molar-refractivity contribution in [2.75, 3.05) is 5.32 Å². The lowest BCUT2D eigenvalue weighted by molar-refractivity contribution is 0.00708. The minimum atomic E-state index is -0.680. The Hall–Kier alpha value is -3.31. The minimum Gasteiger partial charge on any atom is -0.506 e. The number of rotatable bonds is 4. The normalized spacial score (nSPS) is 11.1. The van der Waals surface area contributed by atoms with E-state index in [1.165, 1.54) is 6.07 Å². The van der Waals surface area contributed by atoms with Crippen LogP contribution in [-0.4, -0.2) is 22.6 Å². The number of phenolic OH excluding ortho intramolecular Hbond substituents is 1. The largest absolute Gasteiger partial charge is 0.506 e. The molecule has 0 aliphatic rings. The Morgan fingerprint density at radius 1 is 0.933 bits per heavy atom. The van der Waals surface area contributed by atoms with E-state index in [0.717, 1.165) is 5.56 Å². The molecule has 0 bridgehead atoms. The van der Waals surface area contributed by atoms with Crippen LogP contribution in [-0.2, 0) is 4.74 Å². The molecular formula is C24H22ClNO4. The average Bonchev–Trinajstić information content (AvgIpc) is 2.69. The van der Waals surface area contributed by atoms with Crippen LogP contribution in [0.4, 0.5) is 5.69 Å². The standard InChI is InChI=1S/C24H22ClNO4/c1-24(2,3)30-23(29)18-11-9-17(16-10-12-21(27)19(25)13-16)14-20(18)26-22(28)15-7-5-4-6-8-15/h4-14,27H,1-3H3,(H,26,28). The second-order valence-electron chi connectivity index (χ2n) is 7.75. The molecule has 6 heteroatoms. The Morgan fingerprint density at radius 2 is 1.57 bits per heavy atom. The van der Waals surface area contributed by atoms with Gasteiger partial charge in [-0.25, -0.2) is 4.79 Å². The summed E-state index contributed by atoms with van der Waals surface area (Å²) in [5.41, 5.74) is 1.78. The summed E-state index contributed by atoms with van der Waals surface area (Å²) in [5, 5.41) is 12.7. The number of hydrogen-bond acceptors (Lipinski definition) is 4. The van der Waals surface area contributed by atoms with Gasteiger partial charge in [0, 0.05) is 5.56 Å². The molecular weight excluding hydrogens is 402 g/mol. The first kappa shape index (κ1) is 21.4. The topological polar surface area (TPSA) is 75.6 Å². The smallest absolute Gasteiger partial charge is 0.340 e. The zero-order valence-corrected chi connectivity index (χ0v) is 17.7. The number of aromatic hydroxyl groups is 1. The number of hydrogen-bond donors (Lipinski definition) is 2. The number of amides is 1. The van der Waals surface area contributed by atoms with E-state index in [4.69, 9.17) is 16.3 Å². The highest BCUT2D eigenvalue weighted by Gasteiger charge is 2.22. The molecule has 0 saturated carbocycles. The molecule has 5 nitrogen and oxygen atoms in total. The molecule has 0 aliphatic carbocycles. The molecule has 0 aromatic heterocycles. The first-order valence-corrected chi connectivity index (χ1v) is 9.74. The number of ether oxygens (including phenoxy) is 1. The van der Waals surface area contributed by atoms with Gasteiger partial charge in [0.25, 0.3) is 5.91 Å². The van der Waals surface area contributed by atoms with Crippen LogP contribution in [0.5, 0.6) is 5.75 Å². The summed E-state index contributed by atoms with van der Waals surface area (Å²) in [4.78, 5) is 25.4. The fourth-order valence-corrected chi connectivity index (χ4v) is 2.99. The molecule has 154 valence electrons. The first-order chi connectivity index (χ1) is 14.1. The van der Waals surface area contributed by atoms with E-state index in [1.807, 2.05) is 6.07 Å². The van der Waals surface area contributed by atoms with Gasteiger partial charge in [-0.2, -0.15) is 0 Å². The molecule has 0 aliphatic heterocycles. The van der Waals surface area contributed by atoms with E-state index in [0.29, 0.717) is 16.8 Å². The van der Waals surface area contributed by atoms with Gasteiger partial charge in [0.1, 0.15) is 11.4 Å². The van der Waals surface area contributed by atoms with Crippen LogP contribution in [0.3, 0.4) is 0 Å². The van der Waals surface area contributed by atoms with Gasteiger partial charge in [-0.15, -0.1) is 0 Å². The number of halogens is 1. The summed E-state index contributed by atoms with van der Waals surface area (Å²) in [6.07, 6.45) is 0. The zero-order valence-electron chi connectivity index (χ0n) is 16.9. The SMILES string of the molecule is CC(C)(C)OC(=O)c1ccc(-c2ccc(O)c(Cl)c2)cc1NC(=O)c1ccccc1. The quantitative estimate of drug-likeness (QED) is 0.510. The van der Waals surface area contributed by atoms with Crippen molar-refractivity contribution in [3.8, 4) is 16.9 Å². The number of carbonyl (C=O) groups is 2. The number of benzene rings is 3. The van der Waals surface area contributed by atoms with E-state index < -0.39 is 11.6 Å². The van der Waals surface area contributed by atoms with Crippen LogP contribution < -0.4 is 5.32 Å². The molecule has 3 aromatic rings. The van der Waals surface area contributed by atoms with Gasteiger partial charge in [-0.1, -0.05) is 41.9 Å². The van der Waals surface area contributed by atoms with Crippen molar-refractivity contribution in [3.63, 3.8) is 0 Å². The van der Waals surface area contributed by atoms with Gasteiger partial charge < -0.3 is 15.2 Å². The summed E-state index contributed by atoms with van der Waals surface area (Å²) in [7, 11) is 0. The monoisotopic (exact) mass is 423 g/mol. The summed E-state index contributed by atoms with van der Waals surface area (Å²) in [5.74, 6) is -0.911. The molecule has 0 fully saturated rings. The van der Waals surface area contributed by atoms with Crippen LogP contribution in [0.15, 0.2) is 66.7 Å². The lowest BCUT2D eigenvalue weighted by Crippen LogP contribution is -2.25. The van der Waals surface area contributed by atoms with Crippen LogP contribution >= 0.6 is 11.6 Å². The number of carbonyl (C=O) groups excluding carboxylic acids is 2. The van der Waals surface area contributed by atoms with E-state index in [-0.39, 0.29) is 22.2 Å². The maximum Gasteiger partial charge on any atom is 0.340 e. The maximum absolute atomic E-state index is 12.7. The molecule has 0 radical (unpaired) electrons. The lowest BCUT2D eigenvalue weighted by atomic mass is 10.0. The van der Waals surface area contributed by atoms with Crippen molar-refractivity contribution in [2.24, 2.45) is 0 Å². The van der Waals surface area contributed by atoms with Gasteiger partial charge in [0.05, 0.1) is 16.3 Å². The van der Waals surface area contributed by atoms with Crippen LogP contribution in [0.2, 0.25) is 5.02 Å². The van der Waals surface area contributed by atoms with E-state index in [2.05, 4.69) is 5.32 Å². The fraction of sp³-hybridized carbons (Fsp3) is 0.167. The number of esters is 1. The molecule has 3 rings (SSSR count). The molecule has 0 saturated heterocycles. The van der Waals surface area contributed by atoms with Crippen molar-refractivity contribution < 1.29 is 19.4 Å². The van der Waals surface area contributed by atoms with E-state index in [1.54, 1.807) is 75.4 Å². The van der Waals surface area contributed by atoms with Gasteiger partial charge in [0.2, 0.25) is 0 Å². The van der Waals surface area contributed by atoms with Crippen LogP contribution in [0.1, 0.15) is 41.5 Å². The molecule has 2 N–H and O–H groups in total. The Bertz CT molecular complexity index is 1090. The average molecular weight is 424 g/mol. The molecule has 0 heterocycles. The van der Waals surface area contributed by atoms with Crippen molar-refractivity contribution in [2.45, 2.75) is 26.4 Å². The summed E-state index contributed by atoms with van der Waals surface area (Å²) >= 11 is 6.03. The predicted octanol–water partition coefficient (Wildman–Crippen LogP) is 5.92. The predicted molar refractivity (Wildman–Crippen MR) is 118 cm³/mol. The van der Waals surface area contributed by atoms with Gasteiger partial charge in [0.15, 0.2) is 0 Å². The summed E-state index contributed by atoms with van der Waals surface area (Å²) in [6, 6.07) is 18.5. The molecule has 1 amide bonds. The van der Waals surface area contributed by atoms with E-state index in [9.17, 15) is 14.7 Å². The lowest BCUT2D eigenvalue weighted by Gasteiger charge is -2.21. The first-order valence-electron chi connectivity index (χ1n) is 9.37. The van der Waals surface area contributed by atoms with Crippen molar-refractivity contribution in [1.82, 2.24) is 0 Å². The Labute approximate surface area is 180 Å². The Balaban J connectivity index is 2.02. The van der Waals surface area contributed by atoms with E-state index >= 15 is 0 Å². The molecule has 3 aromatic carbocycles. The highest BCUT2D eigenvalue weighted by Crippen LogP contribution is 2.32. The fourth-order valence-electron chi connectivity index (χ4n) is 2.81. The summed E-state index contributed by atoms with van der Waals surface area (Å²) < 4.78 is 5.49. The maximum atomic E-state index is 12.7. The molecule has 0 atom stereocenters. The van der Waals surface area contributed by atoms with Crippen molar-refractivity contribution >= 4 is 29.2 Å². The highest BCUT2D eigenvalue weighted by atomic mass is 35.5. The Kier molecular flexibility index (Phi) is 6.13. The van der Waals surface area contributed by atoms with Gasteiger partial charge in [-0.05, 0) is 68.3 Å². The molecule has 0 unspecified atom stereocenters. The third-order valence-corrected chi connectivity index (χ3v) is 4.51. The van der Waals surface area contributed by atoms with Crippen molar-refractivity contribution in [3.05, 3.63) is 82.9 Å². The van der Waals surface area contributed by atoms with Crippen LogP contribution in [0, 0.1) is 0 Å². The van der Waals surface area contributed by atoms with Crippen molar-refractivity contribution in [1.29, 1.82) is 0 Å². The second-order valence-corrected chi connectivity index (χ2v) is 8.16. The van der Waals surface area contributed by atoms with Crippen LogP contribution in [0.25, 0.3) is 11.1 Å². The van der Waals surface area contributed by atoms with Gasteiger partial charge >= 0.3 is 5.97 Å². The molecule has 30 heavy (non-hydrogen) atoms. The number of nitrogens with one attached hydrogen (secondary N) is 1. The third kappa shape index (κ3) is 5.19. The number of anilines is 1. The zero-order chi connectivity index (χ0) is 21.9. The number of phenols is 1. The minimum absolute atomic E-state index is 0.0246. The van der Waals surface area contributed by atoms with Gasteiger partial charge in [-0.3, -0.25) is 4.79 Å².